The summed E-state index contributed by atoms with van der Waals surface area (Å²) in [4.78, 5) is 5.47. The number of rotatable bonds is 0. The van der Waals surface area contributed by atoms with Gasteiger partial charge >= 0.3 is 0 Å². The molecule has 0 amide bonds. The van der Waals surface area contributed by atoms with Crippen molar-refractivity contribution in [2.45, 2.75) is 6.42 Å². The molecule has 4 heteroatoms. The number of nitrogens with zero attached hydrogens (tertiary/aromatic N) is 1. The van der Waals surface area contributed by atoms with Crippen molar-refractivity contribution < 1.29 is 0 Å². The fourth-order valence-corrected chi connectivity index (χ4v) is 2.82. The first-order valence-electron chi connectivity index (χ1n) is 2.79. The van der Waals surface area contributed by atoms with Crippen molar-refractivity contribution >= 4 is 28.0 Å². The molecule has 0 bridgehead atoms. The van der Waals surface area contributed by atoms with Gasteiger partial charge < -0.3 is 4.72 Å². The Morgan fingerprint density at radius 1 is 1.67 bits per heavy atom. The molecule has 2 rings (SSSR count). The number of allylic oxidation sites excluding steroid dienone is 1. The van der Waals surface area contributed by atoms with Crippen LogP contribution in [0.15, 0.2) is 15.6 Å². The van der Waals surface area contributed by atoms with Gasteiger partial charge in [-0.25, -0.2) is 0 Å². The minimum Gasteiger partial charge on any atom is -0.323 e. The summed E-state index contributed by atoms with van der Waals surface area (Å²) in [6.45, 7) is 0.951. The molecule has 0 spiro atoms. The summed E-state index contributed by atoms with van der Waals surface area (Å²) in [5.41, 5.74) is 1.36. The molecule has 2 heterocycles. The van der Waals surface area contributed by atoms with Gasteiger partial charge in [-0.2, -0.15) is 0 Å². The molecule has 0 unspecified atom stereocenters. The van der Waals surface area contributed by atoms with Crippen LogP contribution in [-0.4, -0.2) is 12.8 Å². The Bertz CT molecular complexity index is 185. The first-order chi connectivity index (χ1) is 4.47. The maximum Gasteiger partial charge on any atom is 0.0577 e. The highest BCUT2D eigenvalue weighted by molar-refractivity contribution is 8.78. The second kappa shape index (κ2) is 2.27. The highest BCUT2D eigenvalue weighted by Crippen LogP contribution is 2.38. The van der Waals surface area contributed by atoms with Crippen LogP contribution in [0.1, 0.15) is 6.42 Å². The molecule has 0 saturated heterocycles. The second-order valence-electron chi connectivity index (χ2n) is 1.90. The van der Waals surface area contributed by atoms with Crippen LogP contribution in [0.2, 0.25) is 0 Å². The Hall–Kier alpha value is -0.0900. The zero-order chi connectivity index (χ0) is 6.10. The average Bonchev–Trinajstić information content (AvgIpc) is 2.33. The van der Waals surface area contributed by atoms with Gasteiger partial charge in [0.1, 0.15) is 0 Å². The molecule has 0 atom stereocenters. The van der Waals surface area contributed by atoms with Crippen molar-refractivity contribution in [3.05, 3.63) is 10.6 Å². The molecular formula is C5H6N2S2. The maximum absolute atomic E-state index is 4.16. The van der Waals surface area contributed by atoms with Crippen LogP contribution in [0.4, 0.5) is 0 Å². The van der Waals surface area contributed by atoms with E-state index < -0.39 is 0 Å². The van der Waals surface area contributed by atoms with Gasteiger partial charge in [-0.1, -0.05) is 0 Å². The average molecular weight is 158 g/mol. The third-order valence-corrected chi connectivity index (χ3v) is 3.28. The SMILES string of the molecule is C1=NCCC2=C1SSN2. The van der Waals surface area contributed by atoms with Crippen LogP contribution in [0.3, 0.4) is 0 Å². The fourth-order valence-electron chi connectivity index (χ4n) is 0.814. The van der Waals surface area contributed by atoms with Crippen molar-refractivity contribution in [3.63, 3.8) is 0 Å². The van der Waals surface area contributed by atoms with Gasteiger partial charge in [-0.15, -0.1) is 0 Å². The minimum atomic E-state index is 0.951. The fraction of sp³-hybridized carbons (Fsp3) is 0.400. The van der Waals surface area contributed by atoms with E-state index in [0.29, 0.717) is 0 Å². The molecule has 2 nitrogen and oxygen atoms in total. The van der Waals surface area contributed by atoms with E-state index in [4.69, 9.17) is 0 Å². The Balaban J connectivity index is 2.28. The van der Waals surface area contributed by atoms with E-state index in [0.717, 1.165) is 13.0 Å². The van der Waals surface area contributed by atoms with E-state index in [1.54, 1.807) is 21.8 Å². The number of aliphatic imine (C=N–C) groups is 1. The molecular weight excluding hydrogens is 152 g/mol. The van der Waals surface area contributed by atoms with Crippen molar-refractivity contribution in [2.24, 2.45) is 4.99 Å². The lowest BCUT2D eigenvalue weighted by molar-refractivity contribution is 0.905. The van der Waals surface area contributed by atoms with Gasteiger partial charge in [0, 0.05) is 35.9 Å². The molecule has 0 aliphatic carbocycles. The quantitative estimate of drug-likeness (QED) is 0.428. The smallest absolute Gasteiger partial charge is 0.0577 e. The first kappa shape index (κ1) is 5.68. The molecule has 1 N–H and O–H groups in total. The Morgan fingerprint density at radius 2 is 2.67 bits per heavy atom. The summed E-state index contributed by atoms with van der Waals surface area (Å²) < 4.78 is 3.23. The summed E-state index contributed by atoms with van der Waals surface area (Å²) in [5.74, 6) is 0. The third-order valence-electron chi connectivity index (χ3n) is 1.29. The summed E-state index contributed by atoms with van der Waals surface area (Å²) >= 11 is 0. The molecule has 0 aromatic carbocycles. The van der Waals surface area contributed by atoms with Crippen molar-refractivity contribution in [3.8, 4) is 0 Å². The number of nitrogens with one attached hydrogen (secondary N) is 1. The number of hydrogen-bond acceptors (Lipinski definition) is 4. The topological polar surface area (TPSA) is 24.4 Å². The third kappa shape index (κ3) is 0.966. The Labute approximate surface area is 61.7 Å². The van der Waals surface area contributed by atoms with Gasteiger partial charge in [0.25, 0.3) is 0 Å². The van der Waals surface area contributed by atoms with Gasteiger partial charge in [0.05, 0.1) is 4.91 Å². The molecule has 0 aromatic heterocycles. The maximum atomic E-state index is 4.16. The zero-order valence-corrected chi connectivity index (χ0v) is 6.39. The summed E-state index contributed by atoms with van der Waals surface area (Å²) in [7, 11) is 3.44. The molecule has 0 fully saturated rings. The molecule has 48 valence electrons. The normalized spacial score (nSPS) is 24.0. The lowest BCUT2D eigenvalue weighted by Gasteiger charge is -2.03. The van der Waals surface area contributed by atoms with Gasteiger partial charge in [0.15, 0.2) is 0 Å². The molecule has 0 aromatic rings. The van der Waals surface area contributed by atoms with Crippen LogP contribution in [0.25, 0.3) is 0 Å². The Morgan fingerprint density at radius 3 is 3.56 bits per heavy atom. The summed E-state index contributed by atoms with van der Waals surface area (Å²) in [6.07, 6.45) is 3.04. The van der Waals surface area contributed by atoms with Crippen LogP contribution >= 0.6 is 21.8 Å². The molecule has 0 radical (unpaired) electrons. The largest absolute Gasteiger partial charge is 0.323 e. The lowest BCUT2D eigenvalue weighted by Crippen LogP contribution is -2.04. The predicted molar refractivity (Wildman–Crippen MR) is 43.3 cm³/mol. The first-order valence-corrected chi connectivity index (χ1v) is 4.94. The van der Waals surface area contributed by atoms with Crippen molar-refractivity contribution in [2.75, 3.05) is 6.54 Å². The van der Waals surface area contributed by atoms with Crippen LogP contribution in [0, 0.1) is 0 Å². The van der Waals surface area contributed by atoms with E-state index >= 15 is 0 Å². The van der Waals surface area contributed by atoms with Crippen molar-refractivity contribution in [1.82, 2.24) is 4.72 Å². The predicted octanol–water partition coefficient (Wildman–Crippen LogP) is 1.57. The standard InChI is InChI=1S/C5H6N2S2/c1-2-6-3-5-4(1)7-9-8-5/h3,7H,1-2H2. The molecule has 9 heavy (non-hydrogen) atoms. The highest BCUT2D eigenvalue weighted by atomic mass is 33.1. The molecule has 2 aliphatic rings. The number of hydrogen-bond donors (Lipinski definition) is 1. The van der Waals surface area contributed by atoms with E-state index in [1.165, 1.54) is 10.6 Å². The van der Waals surface area contributed by atoms with Gasteiger partial charge in [-0.3, -0.25) is 4.99 Å². The zero-order valence-electron chi connectivity index (χ0n) is 4.76. The van der Waals surface area contributed by atoms with Crippen LogP contribution < -0.4 is 4.72 Å². The van der Waals surface area contributed by atoms with E-state index in [1.807, 2.05) is 6.21 Å². The Kier molecular flexibility index (Phi) is 1.43. The van der Waals surface area contributed by atoms with Gasteiger partial charge in [-0.05, 0) is 10.8 Å². The molecule has 2 aliphatic heterocycles. The highest BCUT2D eigenvalue weighted by Gasteiger charge is 2.15. The summed E-state index contributed by atoms with van der Waals surface area (Å²) in [5, 5.41) is 0. The minimum absolute atomic E-state index is 0.951. The van der Waals surface area contributed by atoms with Crippen LogP contribution in [0.5, 0.6) is 0 Å². The van der Waals surface area contributed by atoms with Crippen LogP contribution in [-0.2, 0) is 0 Å². The monoisotopic (exact) mass is 158 g/mol. The lowest BCUT2D eigenvalue weighted by atomic mass is 10.3. The van der Waals surface area contributed by atoms with E-state index in [9.17, 15) is 0 Å². The second-order valence-corrected chi connectivity index (χ2v) is 3.87. The van der Waals surface area contributed by atoms with E-state index in [-0.39, 0.29) is 0 Å². The van der Waals surface area contributed by atoms with Crippen molar-refractivity contribution in [1.29, 1.82) is 0 Å². The number of dihydropyridines is 1. The van der Waals surface area contributed by atoms with E-state index in [2.05, 4.69) is 9.71 Å². The molecule has 0 saturated carbocycles. The summed E-state index contributed by atoms with van der Waals surface area (Å²) in [6, 6.07) is 0. The van der Waals surface area contributed by atoms with Gasteiger partial charge in [0.2, 0.25) is 0 Å².